The second-order valence-corrected chi connectivity index (χ2v) is 10.5. The molecule has 1 heterocycles. The number of benzene rings is 3. The van der Waals surface area contributed by atoms with Crippen LogP contribution in [-0.4, -0.2) is 63.7 Å². The van der Waals surface area contributed by atoms with Crippen LogP contribution in [0.1, 0.15) is 55.9 Å². The molecule has 1 amide bonds. The van der Waals surface area contributed by atoms with Crippen LogP contribution in [0.15, 0.2) is 72.8 Å². The summed E-state index contributed by atoms with van der Waals surface area (Å²) in [6, 6.07) is 22.7. The highest BCUT2D eigenvalue weighted by molar-refractivity contribution is 5.98. The fraction of sp³-hybridized carbons (Fsp3) is 0.344. The van der Waals surface area contributed by atoms with Crippen LogP contribution in [0.5, 0.6) is 0 Å². The first-order valence-electron chi connectivity index (χ1n) is 13.2. The molecule has 4 rings (SSSR count). The van der Waals surface area contributed by atoms with Crippen molar-refractivity contribution in [2.45, 2.75) is 25.7 Å². The van der Waals surface area contributed by atoms with Crippen LogP contribution in [0, 0.1) is 5.92 Å². The van der Waals surface area contributed by atoms with E-state index in [1.807, 2.05) is 116 Å². The number of rotatable bonds is 9. The average Bonchev–Trinajstić information content (AvgIpc) is 2.93. The molecule has 0 radical (unpaired) electrons. The minimum atomic E-state index is 0.00574. The highest BCUT2D eigenvalue weighted by atomic mass is 16.2. The zero-order chi connectivity index (χ0) is 27.2. The number of likely N-dealkylation sites (tertiary alicyclic amines) is 1. The third-order valence-electron chi connectivity index (χ3n) is 7.35. The maximum Gasteiger partial charge on any atom is 0.253 e. The van der Waals surface area contributed by atoms with E-state index in [0.717, 1.165) is 35.3 Å². The molecular weight excluding hydrogens is 474 g/mol. The fourth-order valence-electron chi connectivity index (χ4n) is 4.85. The summed E-state index contributed by atoms with van der Waals surface area (Å²) in [5.74, 6) is 0.518. The molecular formula is C32H37N3O3. The molecule has 1 aliphatic rings. The molecule has 3 aromatic rings. The molecule has 0 aliphatic carbocycles. The van der Waals surface area contributed by atoms with E-state index in [-0.39, 0.29) is 17.5 Å². The van der Waals surface area contributed by atoms with Crippen LogP contribution < -0.4 is 9.80 Å². The maximum atomic E-state index is 13.1. The van der Waals surface area contributed by atoms with Gasteiger partial charge in [0.05, 0.1) is 0 Å². The van der Waals surface area contributed by atoms with Gasteiger partial charge in [0.15, 0.2) is 11.6 Å². The molecule has 0 spiro atoms. The highest BCUT2D eigenvalue weighted by Gasteiger charge is 2.25. The predicted molar refractivity (Wildman–Crippen MR) is 154 cm³/mol. The Hall–Kier alpha value is -3.93. The molecule has 3 aromatic carbocycles. The van der Waals surface area contributed by atoms with Crippen molar-refractivity contribution in [2.24, 2.45) is 5.92 Å². The van der Waals surface area contributed by atoms with Gasteiger partial charge in [-0.15, -0.1) is 0 Å². The maximum absolute atomic E-state index is 13.1. The van der Waals surface area contributed by atoms with Crippen LogP contribution in [-0.2, 0) is 6.42 Å². The van der Waals surface area contributed by atoms with Crippen molar-refractivity contribution in [3.05, 3.63) is 95.1 Å². The van der Waals surface area contributed by atoms with Gasteiger partial charge < -0.3 is 14.7 Å². The van der Waals surface area contributed by atoms with E-state index in [1.165, 1.54) is 0 Å². The number of carbonyl (C=O) groups is 3. The van der Waals surface area contributed by atoms with Crippen molar-refractivity contribution in [2.75, 3.05) is 51.1 Å². The largest absolute Gasteiger partial charge is 0.378 e. The monoisotopic (exact) mass is 511 g/mol. The summed E-state index contributed by atoms with van der Waals surface area (Å²) in [4.78, 5) is 44.4. The van der Waals surface area contributed by atoms with Gasteiger partial charge in [0.1, 0.15) is 0 Å². The minimum absolute atomic E-state index is 0.00574. The number of ketones is 2. The number of nitrogens with zero attached hydrogens (tertiary/aromatic N) is 3. The first-order valence-corrected chi connectivity index (χ1v) is 13.2. The van der Waals surface area contributed by atoms with Crippen LogP contribution >= 0.6 is 0 Å². The van der Waals surface area contributed by atoms with Crippen LogP contribution in [0.2, 0.25) is 0 Å². The molecule has 1 fully saturated rings. The Labute approximate surface area is 225 Å². The molecule has 0 N–H and O–H groups in total. The fourth-order valence-corrected chi connectivity index (χ4v) is 4.85. The van der Waals surface area contributed by atoms with Crippen LogP contribution in [0.3, 0.4) is 0 Å². The molecule has 1 aliphatic heterocycles. The van der Waals surface area contributed by atoms with Crippen molar-refractivity contribution in [3.8, 4) is 0 Å². The summed E-state index contributed by atoms with van der Waals surface area (Å²) < 4.78 is 0. The van der Waals surface area contributed by atoms with Crippen LogP contribution in [0.4, 0.5) is 11.4 Å². The van der Waals surface area contributed by atoms with E-state index in [2.05, 4.69) is 0 Å². The third kappa shape index (κ3) is 6.68. The molecule has 38 heavy (non-hydrogen) atoms. The smallest absolute Gasteiger partial charge is 0.253 e. The summed E-state index contributed by atoms with van der Waals surface area (Å²) in [6.07, 6.45) is 2.47. The lowest BCUT2D eigenvalue weighted by molar-refractivity contribution is 0.0680. The molecule has 0 aromatic heterocycles. The number of Topliss-reactive ketones (excluding diaryl/α,β-unsaturated/α-hetero) is 2. The Morgan fingerprint density at radius 2 is 1.11 bits per heavy atom. The van der Waals surface area contributed by atoms with Gasteiger partial charge in [-0.3, -0.25) is 14.4 Å². The molecule has 1 saturated heterocycles. The standard InChI is InChI=1S/C32H37N3O3/c1-33(2)28-13-9-25(10-14-28)30(36)21-23-5-7-27(8-6-23)32(38)35-19-17-24(18-20-35)22-31(37)26-11-15-29(16-12-26)34(3)4/h5-16,24H,17-22H2,1-4H3. The molecule has 0 unspecified atom stereocenters. The van der Waals surface area contributed by atoms with Gasteiger partial charge in [-0.05, 0) is 85.0 Å². The third-order valence-corrected chi connectivity index (χ3v) is 7.35. The van der Waals surface area contributed by atoms with Crippen LogP contribution in [0.25, 0.3) is 0 Å². The zero-order valence-electron chi connectivity index (χ0n) is 22.8. The summed E-state index contributed by atoms with van der Waals surface area (Å²) in [6.45, 7) is 1.30. The molecule has 6 heteroatoms. The second kappa shape index (κ2) is 12.1. The van der Waals surface area contributed by atoms with Crippen molar-refractivity contribution in [1.29, 1.82) is 0 Å². The van der Waals surface area contributed by atoms with Crippen molar-refractivity contribution < 1.29 is 14.4 Å². The first kappa shape index (κ1) is 27.1. The molecule has 0 bridgehead atoms. The highest BCUT2D eigenvalue weighted by Crippen LogP contribution is 2.25. The SMILES string of the molecule is CN(C)c1ccc(C(=O)Cc2ccc(C(=O)N3CCC(CC(=O)c4ccc(N(C)C)cc4)CC3)cc2)cc1. The van der Waals surface area contributed by atoms with Gasteiger partial charge in [-0.2, -0.15) is 0 Å². The Bertz CT molecular complexity index is 1250. The van der Waals surface area contributed by atoms with E-state index >= 15 is 0 Å². The number of piperidine rings is 1. The van der Waals surface area contributed by atoms with E-state index < -0.39 is 0 Å². The lowest BCUT2D eigenvalue weighted by atomic mass is 9.89. The van der Waals surface area contributed by atoms with E-state index in [0.29, 0.717) is 43.0 Å². The molecule has 0 saturated carbocycles. The van der Waals surface area contributed by atoms with E-state index in [4.69, 9.17) is 0 Å². The van der Waals surface area contributed by atoms with Crippen molar-refractivity contribution >= 4 is 28.8 Å². The number of hydrogen-bond acceptors (Lipinski definition) is 5. The molecule has 198 valence electrons. The summed E-state index contributed by atoms with van der Waals surface area (Å²) in [5.41, 5.74) is 5.07. The lowest BCUT2D eigenvalue weighted by Gasteiger charge is -2.32. The average molecular weight is 512 g/mol. The van der Waals surface area contributed by atoms with Crippen molar-refractivity contribution in [1.82, 2.24) is 4.90 Å². The Kier molecular flexibility index (Phi) is 8.62. The van der Waals surface area contributed by atoms with Gasteiger partial charge in [0, 0.05) is 82.2 Å². The Morgan fingerprint density at radius 3 is 1.58 bits per heavy atom. The predicted octanol–water partition coefficient (Wildman–Crippen LogP) is 5.37. The number of hydrogen-bond donors (Lipinski definition) is 0. The Morgan fingerprint density at radius 1 is 0.658 bits per heavy atom. The topological polar surface area (TPSA) is 60.9 Å². The number of amides is 1. The van der Waals surface area contributed by atoms with Crippen molar-refractivity contribution in [3.63, 3.8) is 0 Å². The minimum Gasteiger partial charge on any atom is -0.378 e. The van der Waals surface area contributed by atoms with E-state index in [9.17, 15) is 14.4 Å². The molecule has 0 atom stereocenters. The summed E-state index contributed by atoms with van der Waals surface area (Å²) >= 11 is 0. The summed E-state index contributed by atoms with van der Waals surface area (Å²) in [5, 5.41) is 0. The zero-order valence-corrected chi connectivity index (χ0v) is 22.8. The molecule has 6 nitrogen and oxygen atoms in total. The summed E-state index contributed by atoms with van der Waals surface area (Å²) in [7, 11) is 7.90. The quantitative estimate of drug-likeness (QED) is 0.362. The second-order valence-electron chi connectivity index (χ2n) is 10.5. The van der Waals surface area contributed by atoms with Gasteiger partial charge in [-0.1, -0.05) is 12.1 Å². The van der Waals surface area contributed by atoms with Gasteiger partial charge >= 0.3 is 0 Å². The lowest BCUT2D eigenvalue weighted by Crippen LogP contribution is -2.38. The van der Waals surface area contributed by atoms with Gasteiger partial charge in [-0.25, -0.2) is 0 Å². The normalized spacial score (nSPS) is 13.7. The van der Waals surface area contributed by atoms with Gasteiger partial charge in [0.2, 0.25) is 0 Å². The van der Waals surface area contributed by atoms with Gasteiger partial charge in [0.25, 0.3) is 5.91 Å². The number of anilines is 2. The first-order chi connectivity index (χ1) is 18.2. The number of carbonyl (C=O) groups excluding carboxylic acids is 3. The van der Waals surface area contributed by atoms with E-state index in [1.54, 1.807) is 0 Å². The Balaban J connectivity index is 1.26.